The molecule has 0 aliphatic rings. The molecule has 0 bridgehead atoms. The van der Waals surface area contributed by atoms with Crippen molar-refractivity contribution < 1.29 is 17.9 Å². The van der Waals surface area contributed by atoms with Crippen LogP contribution >= 0.6 is 0 Å². The van der Waals surface area contributed by atoms with E-state index in [2.05, 4.69) is 0 Å². The van der Waals surface area contributed by atoms with Crippen molar-refractivity contribution in [1.82, 2.24) is 0 Å². The maximum atomic E-state index is 12.8. The van der Waals surface area contributed by atoms with Crippen molar-refractivity contribution >= 4 is 9.84 Å². The fourth-order valence-electron chi connectivity index (χ4n) is 1.37. The van der Waals surface area contributed by atoms with Gasteiger partial charge in [0.25, 0.3) is 0 Å². The van der Waals surface area contributed by atoms with E-state index in [0.717, 1.165) is 12.1 Å². The van der Waals surface area contributed by atoms with Gasteiger partial charge in [-0.2, -0.15) is 0 Å². The molecule has 6 heteroatoms. The molecule has 1 atom stereocenters. The topological polar surface area (TPSA) is 80.4 Å². The minimum atomic E-state index is -3.62. The number of sulfone groups is 1. The summed E-state index contributed by atoms with van der Waals surface area (Å²) in [5.74, 6) is -0.938. The van der Waals surface area contributed by atoms with Crippen molar-refractivity contribution in [2.24, 2.45) is 5.73 Å². The van der Waals surface area contributed by atoms with Crippen molar-refractivity contribution in [3.05, 3.63) is 29.6 Å². The highest BCUT2D eigenvalue weighted by Gasteiger charge is 2.20. The maximum Gasteiger partial charge on any atom is 0.181 e. The first kappa shape index (κ1) is 13.1. The van der Waals surface area contributed by atoms with Crippen LogP contribution in [0.3, 0.4) is 0 Å². The fourth-order valence-corrected chi connectivity index (χ4v) is 3.02. The van der Waals surface area contributed by atoms with Crippen molar-refractivity contribution in [3.8, 4) is 0 Å². The molecule has 0 aliphatic carbocycles. The van der Waals surface area contributed by atoms with Crippen LogP contribution in [0, 0.1) is 12.7 Å². The quantitative estimate of drug-likeness (QED) is 0.746. The molecule has 0 heterocycles. The zero-order valence-electron chi connectivity index (χ0n) is 8.85. The largest absolute Gasteiger partial charge is 0.391 e. The van der Waals surface area contributed by atoms with Gasteiger partial charge in [-0.05, 0) is 30.7 Å². The van der Waals surface area contributed by atoms with E-state index in [1.165, 1.54) is 13.0 Å². The Balaban J connectivity index is 3.08. The third kappa shape index (κ3) is 3.01. The molecule has 0 saturated heterocycles. The lowest BCUT2D eigenvalue weighted by atomic mass is 10.2. The highest BCUT2D eigenvalue weighted by Crippen LogP contribution is 2.18. The van der Waals surface area contributed by atoms with E-state index in [4.69, 9.17) is 5.73 Å². The lowest BCUT2D eigenvalue weighted by Gasteiger charge is -2.10. The lowest BCUT2D eigenvalue weighted by Crippen LogP contribution is -2.28. The molecule has 3 N–H and O–H groups in total. The average molecular weight is 247 g/mol. The zero-order valence-corrected chi connectivity index (χ0v) is 9.67. The lowest BCUT2D eigenvalue weighted by molar-refractivity contribution is 0.205. The van der Waals surface area contributed by atoms with Crippen LogP contribution in [0.25, 0.3) is 0 Å². The normalized spacial score (nSPS) is 13.8. The molecule has 1 unspecified atom stereocenters. The highest BCUT2D eigenvalue weighted by molar-refractivity contribution is 7.91. The van der Waals surface area contributed by atoms with Crippen LogP contribution in [0.4, 0.5) is 4.39 Å². The van der Waals surface area contributed by atoms with Gasteiger partial charge in [0.15, 0.2) is 9.84 Å². The maximum absolute atomic E-state index is 12.8. The van der Waals surface area contributed by atoms with Crippen LogP contribution in [-0.4, -0.2) is 31.9 Å². The molecule has 1 rings (SSSR count). The molecule has 0 spiro atoms. The highest BCUT2D eigenvalue weighted by atomic mass is 32.2. The second-order valence-corrected chi connectivity index (χ2v) is 5.58. The average Bonchev–Trinajstić information content (AvgIpc) is 2.16. The van der Waals surface area contributed by atoms with Crippen LogP contribution in [0.1, 0.15) is 5.56 Å². The minimum absolute atomic E-state index is 0.0291. The molecule has 0 fully saturated rings. The smallest absolute Gasteiger partial charge is 0.181 e. The van der Waals surface area contributed by atoms with Gasteiger partial charge in [-0.1, -0.05) is 0 Å². The summed E-state index contributed by atoms with van der Waals surface area (Å²) in [4.78, 5) is 0.0291. The van der Waals surface area contributed by atoms with Crippen LogP contribution in [0.2, 0.25) is 0 Å². The van der Waals surface area contributed by atoms with E-state index in [1.807, 2.05) is 0 Å². The van der Waals surface area contributed by atoms with Gasteiger partial charge in [-0.3, -0.25) is 0 Å². The van der Waals surface area contributed by atoms with Crippen LogP contribution in [0.5, 0.6) is 0 Å². The SMILES string of the molecule is Cc1cc(F)ccc1S(=O)(=O)CC(O)CN. The van der Waals surface area contributed by atoms with Gasteiger partial charge in [0, 0.05) is 6.54 Å². The summed E-state index contributed by atoms with van der Waals surface area (Å²) < 4.78 is 36.4. The van der Waals surface area contributed by atoms with Gasteiger partial charge in [0.05, 0.1) is 16.8 Å². The monoisotopic (exact) mass is 247 g/mol. The number of rotatable bonds is 4. The third-order valence-electron chi connectivity index (χ3n) is 2.16. The Hall–Kier alpha value is -0.980. The van der Waals surface area contributed by atoms with E-state index >= 15 is 0 Å². The molecule has 90 valence electrons. The van der Waals surface area contributed by atoms with Crippen molar-refractivity contribution in [1.29, 1.82) is 0 Å². The second kappa shape index (κ2) is 4.90. The zero-order chi connectivity index (χ0) is 12.3. The Morgan fingerprint density at radius 1 is 1.50 bits per heavy atom. The van der Waals surface area contributed by atoms with Crippen LogP contribution in [0.15, 0.2) is 23.1 Å². The van der Waals surface area contributed by atoms with Gasteiger partial charge >= 0.3 is 0 Å². The van der Waals surface area contributed by atoms with E-state index in [0.29, 0.717) is 5.56 Å². The van der Waals surface area contributed by atoms with Crippen molar-refractivity contribution in [2.75, 3.05) is 12.3 Å². The van der Waals surface area contributed by atoms with E-state index < -0.39 is 27.5 Å². The molecule has 16 heavy (non-hydrogen) atoms. The third-order valence-corrected chi connectivity index (χ3v) is 4.11. The first-order valence-electron chi connectivity index (χ1n) is 4.74. The predicted octanol–water partition coefficient (Wildman–Crippen LogP) is 0.227. The standard InChI is InChI=1S/C10H14FNO3S/c1-7-4-8(11)2-3-10(7)16(14,15)6-9(13)5-12/h2-4,9,13H,5-6,12H2,1H3. The first-order chi connectivity index (χ1) is 7.36. The number of nitrogens with two attached hydrogens (primary N) is 1. The van der Waals surface area contributed by atoms with Crippen LogP contribution < -0.4 is 5.73 Å². The predicted molar refractivity (Wildman–Crippen MR) is 58.3 cm³/mol. The van der Waals surface area contributed by atoms with E-state index in [1.54, 1.807) is 0 Å². The molecular weight excluding hydrogens is 233 g/mol. The number of halogens is 1. The molecule has 4 nitrogen and oxygen atoms in total. The van der Waals surface area contributed by atoms with Crippen molar-refractivity contribution in [2.45, 2.75) is 17.9 Å². The molecule has 0 radical (unpaired) electrons. The van der Waals surface area contributed by atoms with Crippen molar-refractivity contribution in [3.63, 3.8) is 0 Å². The van der Waals surface area contributed by atoms with Gasteiger partial charge in [0.2, 0.25) is 0 Å². The number of aliphatic hydroxyl groups excluding tert-OH is 1. The van der Waals surface area contributed by atoms with Gasteiger partial charge in [-0.25, -0.2) is 12.8 Å². The Morgan fingerprint density at radius 2 is 2.12 bits per heavy atom. The summed E-state index contributed by atoms with van der Waals surface area (Å²) >= 11 is 0. The van der Waals surface area contributed by atoms with Gasteiger partial charge < -0.3 is 10.8 Å². The molecule has 0 saturated carbocycles. The summed E-state index contributed by atoms with van der Waals surface area (Å²) in [5.41, 5.74) is 5.47. The molecule has 0 aliphatic heterocycles. The fraction of sp³-hybridized carbons (Fsp3) is 0.400. The minimum Gasteiger partial charge on any atom is -0.391 e. The number of aryl methyl sites for hydroxylation is 1. The number of benzene rings is 1. The molecular formula is C10H14FNO3S. The molecule has 1 aromatic carbocycles. The van der Waals surface area contributed by atoms with Gasteiger partial charge in [-0.15, -0.1) is 0 Å². The number of aliphatic hydroxyl groups is 1. The molecule has 1 aromatic rings. The first-order valence-corrected chi connectivity index (χ1v) is 6.39. The number of hydrogen-bond acceptors (Lipinski definition) is 4. The van der Waals surface area contributed by atoms with Crippen LogP contribution in [-0.2, 0) is 9.84 Å². The summed E-state index contributed by atoms with van der Waals surface area (Å²) in [6.45, 7) is 1.38. The molecule has 0 amide bonds. The second-order valence-electron chi connectivity index (χ2n) is 3.58. The number of hydrogen-bond donors (Lipinski definition) is 2. The Bertz CT molecular complexity index is 473. The van der Waals surface area contributed by atoms with E-state index in [-0.39, 0.29) is 11.4 Å². The Morgan fingerprint density at radius 3 is 2.62 bits per heavy atom. The summed E-state index contributed by atoms with van der Waals surface area (Å²) in [6, 6.07) is 3.42. The Labute approximate surface area is 93.8 Å². The Kier molecular flexibility index (Phi) is 4.01. The summed E-state index contributed by atoms with van der Waals surface area (Å²) in [5, 5.41) is 9.22. The summed E-state index contributed by atoms with van der Waals surface area (Å²) in [7, 11) is -3.62. The summed E-state index contributed by atoms with van der Waals surface area (Å²) in [6.07, 6.45) is -1.10. The molecule has 0 aromatic heterocycles. The van der Waals surface area contributed by atoms with E-state index in [9.17, 15) is 17.9 Å². The van der Waals surface area contributed by atoms with Gasteiger partial charge in [0.1, 0.15) is 5.82 Å².